The Hall–Kier alpha value is -2.21. The van der Waals surface area contributed by atoms with Gasteiger partial charge in [0.25, 0.3) is 5.91 Å². The van der Waals surface area contributed by atoms with Gasteiger partial charge in [0.15, 0.2) is 5.82 Å². The van der Waals surface area contributed by atoms with E-state index in [1.807, 2.05) is 12.3 Å². The zero-order chi connectivity index (χ0) is 17.4. The monoisotopic (exact) mass is 327 g/mol. The molecule has 0 radical (unpaired) electrons. The van der Waals surface area contributed by atoms with Crippen LogP contribution in [0.4, 0.5) is 0 Å². The van der Waals surface area contributed by atoms with Gasteiger partial charge in [-0.05, 0) is 58.7 Å². The Morgan fingerprint density at radius 2 is 1.96 bits per heavy atom. The van der Waals surface area contributed by atoms with Crippen molar-refractivity contribution >= 4 is 5.91 Å². The van der Waals surface area contributed by atoms with Crippen molar-refractivity contribution in [3.05, 3.63) is 42.4 Å². The van der Waals surface area contributed by atoms with Gasteiger partial charge in [-0.25, -0.2) is 9.67 Å². The average molecular weight is 327 g/mol. The number of aromatic nitrogens is 3. The largest absolute Gasteiger partial charge is 0.349 e. The summed E-state index contributed by atoms with van der Waals surface area (Å²) in [6.07, 6.45) is 6.94. The molecule has 0 bridgehead atoms. The van der Waals surface area contributed by atoms with Crippen LogP contribution in [0.25, 0.3) is 5.82 Å². The van der Waals surface area contributed by atoms with Crippen molar-refractivity contribution < 1.29 is 4.79 Å². The Morgan fingerprint density at radius 1 is 1.25 bits per heavy atom. The van der Waals surface area contributed by atoms with E-state index >= 15 is 0 Å². The van der Waals surface area contributed by atoms with Gasteiger partial charge in [-0.3, -0.25) is 4.79 Å². The molecule has 0 aliphatic carbocycles. The molecular weight excluding hydrogens is 302 g/mol. The lowest BCUT2D eigenvalue weighted by Gasteiger charge is -2.46. The lowest BCUT2D eigenvalue weighted by Crippen LogP contribution is -2.62. The van der Waals surface area contributed by atoms with Crippen molar-refractivity contribution in [2.45, 2.75) is 57.7 Å². The second-order valence-electron chi connectivity index (χ2n) is 7.82. The third kappa shape index (κ3) is 3.82. The first-order valence-electron chi connectivity index (χ1n) is 8.30. The van der Waals surface area contributed by atoms with Crippen LogP contribution in [0, 0.1) is 0 Å². The van der Waals surface area contributed by atoms with Gasteiger partial charge in [0.05, 0.1) is 0 Å². The number of rotatable bonds is 3. The van der Waals surface area contributed by atoms with Crippen molar-refractivity contribution in [1.82, 2.24) is 25.4 Å². The number of carbonyl (C=O) groups is 1. The molecule has 0 spiro atoms. The SMILES string of the molecule is CC1(C)CC(NC(=O)c2ccnc(-n3cccn3)c2)CC(C)(C)N1. The Balaban J connectivity index is 1.74. The number of nitrogens with zero attached hydrogens (tertiary/aromatic N) is 3. The topological polar surface area (TPSA) is 71.8 Å². The van der Waals surface area contributed by atoms with Crippen LogP contribution in [0.5, 0.6) is 0 Å². The minimum absolute atomic E-state index is 0.00182. The third-order valence-electron chi connectivity index (χ3n) is 4.27. The highest BCUT2D eigenvalue weighted by atomic mass is 16.1. The minimum atomic E-state index is -0.0655. The molecule has 3 rings (SSSR count). The maximum Gasteiger partial charge on any atom is 0.251 e. The van der Waals surface area contributed by atoms with Gasteiger partial charge >= 0.3 is 0 Å². The highest BCUT2D eigenvalue weighted by Crippen LogP contribution is 2.28. The molecule has 0 unspecified atom stereocenters. The summed E-state index contributed by atoms with van der Waals surface area (Å²) in [7, 11) is 0. The molecule has 2 aromatic heterocycles. The smallest absolute Gasteiger partial charge is 0.251 e. The fourth-order valence-electron chi connectivity index (χ4n) is 3.78. The van der Waals surface area contributed by atoms with E-state index in [9.17, 15) is 4.79 Å². The van der Waals surface area contributed by atoms with Crippen molar-refractivity contribution in [2.24, 2.45) is 0 Å². The number of hydrogen-bond acceptors (Lipinski definition) is 4. The van der Waals surface area contributed by atoms with Crippen molar-refractivity contribution in [1.29, 1.82) is 0 Å². The van der Waals surface area contributed by atoms with Crippen molar-refractivity contribution in [3.8, 4) is 5.82 Å². The van der Waals surface area contributed by atoms with Crippen LogP contribution in [-0.2, 0) is 0 Å². The van der Waals surface area contributed by atoms with Crippen LogP contribution in [0.2, 0.25) is 0 Å². The highest BCUT2D eigenvalue weighted by Gasteiger charge is 2.38. The summed E-state index contributed by atoms with van der Waals surface area (Å²) < 4.78 is 1.65. The lowest BCUT2D eigenvalue weighted by molar-refractivity contribution is 0.0873. The van der Waals surface area contributed by atoms with Gasteiger partial charge in [0, 0.05) is 41.3 Å². The van der Waals surface area contributed by atoms with Crippen LogP contribution in [0.1, 0.15) is 50.9 Å². The van der Waals surface area contributed by atoms with E-state index in [1.54, 1.807) is 29.2 Å². The van der Waals surface area contributed by atoms with Crippen LogP contribution < -0.4 is 10.6 Å². The van der Waals surface area contributed by atoms with E-state index < -0.39 is 0 Å². The summed E-state index contributed by atoms with van der Waals surface area (Å²) in [5.74, 6) is 0.572. The quantitative estimate of drug-likeness (QED) is 0.907. The summed E-state index contributed by atoms with van der Waals surface area (Å²) in [5.41, 5.74) is 0.598. The van der Waals surface area contributed by atoms with Crippen LogP contribution in [0.3, 0.4) is 0 Å². The Labute approximate surface area is 142 Å². The molecule has 1 amide bonds. The second-order valence-corrected chi connectivity index (χ2v) is 7.82. The summed E-state index contributed by atoms with van der Waals surface area (Å²) in [6.45, 7) is 8.70. The number of piperidine rings is 1. The summed E-state index contributed by atoms with van der Waals surface area (Å²) >= 11 is 0. The fourth-order valence-corrected chi connectivity index (χ4v) is 3.78. The zero-order valence-electron chi connectivity index (χ0n) is 14.7. The molecule has 2 N–H and O–H groups in total. The van der Waals surface area contributed by atoms with Crippen LogP contribution in [-0.4, -0.2) is 37.8 Å². The Morgan fingerprint density at radius 3 is 2.58 bits per heavy atom. The molecule has 1 aliphatic rings. The highest BCUT2D eigenvalue weighted by molar-refractivity contribution is 5.94. The van der Waals surface area contributed by atoms with Crippen LogP contribution in [0.15, 0.2) is 36.8 Å². The summed E-state index contributed by atoms with van der Waals surface area (Å²) in [5, 5.41) is 11.0. The van der Waals surface area contributed by atoms with Gasteiger partial charge in [0.2, 0.25) is 0 Å². The number of hydrogen-bond donors (Lipinski definition) is 2. The predicted octanol–water partition coefficient (Wildman–Crippen LogP) is 2.31. The summed E-state index contributed by atoms with van der Waals surface area (Å²) in [6, 6.07) is 5.47. The third-order valence-corrected chi connectivity index (χ3v) is 4.27. The normalized spacial score (nSPS) is 19.8. The molecule has 0 saturated carbocycles. The van der Waals surface area contributed by atoms with Gasteiger partial charge in [-0.1, -0.05) is 0 Å². The van der Waals surface area contributed by atoms with E-state index in [0.717, 1.165) is 12.8 Å². The Kier molecular flexibility index (Phi) is 4.17. The van der Waals surface area contributed by atoms with Crippen molar-refractivity contribution in [3.63, 3.8) is 0 Å². The molecule has 1 fully saturated rings. The molecule has 1 saturated heterocycles. The predicted molar refractivity (Wildman–Crippen MR) is 93.1 cm³/mol. The molecule has 0 atom stereocenters. The molecule has 24 heavy (non-hydrogen) atoms. The van der Waals surface area contributed by atoms with E-state index in [1.165, 1.54) is 0 Å². The fraction of sp³-hybridized carbons (Fsp3) is 0.500. The lowest BCUT2D eigenvalue weighted by atomic mass is 9.79. The molecule has 6 nitrogen and oxygen atoms in total. The zero-order valence-corrected chi connectivity index (χ0v) is 14.7. The number of nitrogens with one attached hydrogen (secondary N) is 2. The standard InChI is InChI=1S/C18H25N5O/c1-17(2)11-14(12-18(3,4)22-17)21-16(24)13-6-8-19-15(10-13)23-9-5-7-20-23/h5-10,14,22H,11-12H2,1-4H3,(H,21,24). The van der Waals surface area contributed by atoms with Gasteiger partial charge in [-0.15, -0.1) is 0 Å². The second kappa shape index (κ2) is 6.02. The molecule has 1 aliphatic heterocycles. The van der Waals surface area contributed by atoms with Crippen molar-refractivity contribution in [2.75, 3.05) is 0 Å². The summed E-state index contributed by atoms with van der Waals surface area (Å²) in [4.78, 5) is 16.9. The molecule has 6 heteroatoms. The maximum absolute atomic E-state index is 12.7. The van der Waals surface area contributed by atoms with E-state index in [4.69, 9.17) is 0 Å². The first kappa shape index (κ1) is 16.6. The maximum atomic E-state index is 12.7. The van der Waals surface area contributed by atoms with E-state index in [-0.39, 0.29) is 23.0 Å². The van der Waals surface area contributed by atoms with E-state index in [0.29, 0.717) is 11.4 Å². The Bertz CT molecular complexity index is 705. The molecule has 0 aromatic carbocycles. The van der Waals surface area contributed by atoms with Crippen LogP contribution >= 0.6 is 0 Å². The van der Waals surface area contributed by atoms with Gasteiger partial charge in [-0.2, -0.15) is 5.10 Å². The average Bonchev–Trinajstić information content (AvgIpc) is 2.98. The molecule has 128 valence electrons. The number of pyridine rings is 1. The molecule has 2 aromatic rings. The number of carbonyl (C=O) groups excluding carboxylic acids is 1. The van der Waals surface area contributed by atoms with E-state index in [2.05, 4.69) is 48.4 Å². The molecule has 3 heterocycles. The van der Waals surface area contributed by atoms with Gasteiger partial charge in [0.1, 0.15) is 0 Å². The first-order chi connectivity index (χ1) is 11.2. The first-order valence-corrected chi connectivity index (χ1v) is 8.30. The molecular formula is C18H25N5O. The minimum Gasteiger partial charge on any atom is -0.349 e. The van der Waals surface area contributed by atoms with Gasteiger partial charge < -0.3 is 10.6 Å². The number of amides is 1.